The van der Waals surface area contributed by atoms with Gasteiger partial charge in [0.25, 0.3) is 11.3 Å². The number of nitrogens with zero attached hydrogens (tertiary/aromatic N) is 6. The van der Waals surface area contributed by atoms with Crippen LogP contribution < -0.4 is 5.56 Å². The molecule has 1 aromatic carbocycles. The number of halogens is 1. The number of hydrogen-bond donors (Lipinski definition) is 0. The first-order chi connectivity index (χ1) is 15.1. The molecule has 4 heterocycles. The van der Waals surface area contributed by atoms with Gasteiger partial charge in [0, 0.05) is 43.0 Å². The Balaban J connectivity index is 1.60. The van der Waals surface area contributed by atoms with Crippen molar-refractivity contribution in [2.24, 2.45) is 0 Å². The van der Waals surface area contributed by atoms with Gasteiger partial charge in [0.1, 0.15) is 5.82 Å². The fourth-order valence-electron chi connectivity index (χ4n) is 4.09. The molecule has 0 aliphatic carbocycles. The lowest BCUT2D eigenvalue weighted by Gasteiger charge is -2.26. The number of aromatic nitrogens is 5. The molecule has 0 radical (unpaired) electrons. The van der Waals surface area contributed by atoms with E-state index in [1.807, 2.05) is 36.5 Å². The molecule has 0 amide bonds. The smallest absolute Gasteiger partial charge is 0.262 e. The highest BCUT2D eigenvalue weighted by atomic mass is 35.5. The molecule has 1 fully saturated rings. The first-order valence-electron chi connectivity index (χ1n) is 10.4. The molecule has 8 nitrogen and oxygen atoms in total. The molecular weight excluding hydrogens is 416 g/mol. The lowest BCUT2D eigenvalue weighted by atomic mass is 10.1. The highest BCUT2D eigenvalue weighted by Crippen LogP contribution is 2.31. The summed E-state index contributed by atoms with van der Waals surface area (Å²) in [7, 11) is 0. The van der Waals surface area contributed by atoms with E-state index < -0.39 is 0 Å². The van der Waals surface area contributed by atoms with E-state index in [2.05, 4.69) is 20.0 Å². The normalized spacial score (nSPS) is 15.2. The average Bonchev–Trinajstić information content (AvgIpc) is 3.15. The van der Waals surface area contributed by atoms with Gasteiger partial charge in [-0.1, -0.05) is 29.8 Å². The number of ether oxygens (including phenoxy) is 1. The van der Waals surface area contributed by atoms with Crippen LogP contribution in [0.1, 0.15) is 12.2 Å². The molecule has 0 unspecified atom stereocenters. The summed E-state index contributed by atoms with van der Waals surface area (Å²) in [6, 6.07) is 9.33. The Hall–Kier alpha value is -2.81. The minimum atomic E-state index is -0.100. The molecule has 4 aromatic rings. The Kier molecular flexibility index (Phi) is 5.43. The van der Waals surface area contributed by atoms with Gasteiger partial charge in [-0.25, -0.2) is 4.98 Å². The monoisotopic (exact) mass is 438 g/mol. The minimum Gasteiger partial charge on any atom is -0.379 e. The van der Waals surface area contributed by atoms with Gasteiger partial charge in [-0.2, -0.15) is 9.50 Å². The quantitative estimate of drug-likeness (QED) is 0.477. The molecule has 5 rings (SSSR count). The zero-order chi connectivity index (χ0) is 21.4. The van der Waals surface area contributed by atoms with Gasteiger partial charge < -0.3 is 9.30 Å². The first kappa shape index (κ1) is 20.1. The van der Waals surface area contributed by atoms with E-state index in [0.29, 0.717) is 39.8 Å². The van der Waals surface area contributed by atoms with Crippen molar-refractivity contribution in [1.29, 1.82) is 0 Å². The molecule has 0 atom stereocenters. The summed E-state index contributed by atoms with van der Waals surface area (Å²) >= 11 is 6.52. The average molecular weight is 439 g/mol. The lowest BCUT2D eigenvalue weighted by molar-refractivity contribution is 0.0369. The first-order valence-corrected chi connectivity index (χ1v) is 10.8. The summed E-state index contributed by atoms with van der Waals surface area (Å²) in [4.78, 5) is 24.9. The van der Waals surface area contributed by atoms with Crippen LogP contribution in [0.4, 0.5) is 0 Å². The largest absolute Gasteiger partial charge is 0.379 e. The van der Waals surface area contributed by atoms with E-state index >= 15 is 0 Å². The van der Waals surface area contributed by atoms with Crippen LogP contribution in [0.3, 0.4) is 0 Å². The predicted molar refractivity (Wildman–Crippen MR) is 120 cm³/mol. The Morgan fingerprint density at radius 2 is 1.90 bits per heavy atom. The molecule has 1 aliphatic rings. The van der Waals surface area contributed by atoms with Gasteiger partial charge >= 0.3 is 0 Å². The fraction of sp³-hybridized carbons (Fsp3) is 0.364. The van der Waals surface area contributed by atoms with E-state index in [1.165, 1.54) is 0 Å². The van der Waals surface area contributed by atoms with Gasteiger partial charge in [-0.05, 0) is 25.5 Å². The van der Waals surface area contributed by atoms with Crippen molar-refractivity contribution in [1.82, 2.24) is 29.0 Å². The van der Waals surface area contributed by atoms with Crippen molar-refractivity contribution in [2.45, 2.75) is 19.9 Å². The van der Waals surface area contributed by atoms with Gasteiger partial charge in [-0.3, -0.25) is 9.69 Å². The van der Waals surface area contributed by atoms with Gasteiger partial charge in [0.15, 0.2) is 0 Å². The zero-order valence-electron chi connectivity index (χ0n) is 17.3. The summed E-state index contributed by atoms with van der Waals surface area (Å²) in [6.07, 6.45) is 2.69. The van der Waals surface area contributed by atoms with Crippen LogP contribution in [0.2, 0.25) is 5.02 Å². The summed E-state index contributed by atoms with van der Waals surface area (Å²) < 4.78 is 8.78. The van der Waals surface area contributed by atoms with Gasteiger partial charge in [0.2, 0.25) is 0 Å². The third kappa shape index (κ3) is 3.82. The molecule has 0 N–H and O–H groups in total. The van der Waals surface area contributed by atoms with Crippen molar-refractivity contribution >= 4 is 28.3 Å². The number of aryl methyl sites for hydroxylation is 2. The van der Waals surface area contributed by atoms with Crippen molar-refractivity contribution in [3.63, 3.8) is 0 Å². The topological polar surface area (TPSA) is 77.6 Å². The second-order valence-electron chi connectivity index (χ2n) is 7.69. The molecular formula is C22H23ClN6O2. The molecule has 1 aliphatic heterocycles. The van der Waals surface area contributed by atoms with Crippen molar-refractivity contribution in [3.05, 3.63) is 57.7 Å². The third-order valence-corrected chi connectivity index (χ3v) is 5.94. The number of fused-ring (bicyclic) bond motifs is 2. The zero-order valence-corrected chi connectivity index (χ0v) is 18.0. The highest BCUT2D eigenvalue weighted by molar-refractivity contribution is 6.33. The van der Waals surface area contributed by atoms with Crippen LogP contribution in [-0.4, -0.2) is 61.9 Å². The van der Waals surface area contributed by atoms with E-state index in [-0.39, 0.29) is 5.56 Å². The molecule has 0 spiro atoms. The molecule has 1 saturated heterocycles. The van der Waals surface area contributed by atoms with E-state index in [1.54, 1.807) is 16.0 Å². The Labute approximate surface area is 184 Å². The SMILES string of the molecule is Cc1nc2nc3ccn(CCCN4CCOCC4)c(=O)c3c(-c3ccccc3Cl)n2n1. The van der Waals surface area contributed by atoms with E-state index in [0.717, 1.165) is 44.8 Å². The molecule has 160 valence electrons. The number of hydrogen-bond acceptors (Lipinski definition) is 6. The summed E-state index contributed by atoms with van der Waals surface area (Å²) in [5.74, 6) is 1.03. The molecule has 0 bridgehead atoms. The van der Waals surface area contributed by atoms with Gasteiger partial charge in [-0.15, -0.1) is 5.10 Å². The highest BCUT2D eigenvalue weighted by Gasteiger charge is 2.19. The van der Waals surface area contributed by atoms with Crippen LogP contribution in [-0.2, 0) is 11.3 Å². The Bertz CT molecular complexity index is 1310. The van der Waals surface area contributed by atoms with Crippen molar-refractivity contribution in [3.8, 4) is 11.3 Å². The maximum Gasteiger partial charge on any atom is 0.262 e. The van der Waals surface area contributed by atoms with Crippen molar-refractivity contribution in [2.75, 3.05) is 32.8 Å². The fourth-order valence-corrected chi connectivity index (χ4v) is 4.31. The van der Waals surface area contributed by atoms with Crippen LogP contribution in [0.15, 0.2) is 41.3 Å². The second-order valence-corrected chi connectivity index (χ2v) is 8.10. The van der Waals surface area contributed by atoms with E-state index in [9.17, 15) is 4.79 Å². The Morgan fingerprint density at radius 1 is 1.10 bits per heavy atom. The standard InChI is InChI=1S/C22H23ClN6O2/c1-15-24-22-25-18-7-10-28(9-4-8-27-11-13-31-14-12-27)21(30)19(18)20(29(22)26-15)16-5-2-3-6-17(16)23/h2-3,5-7,10H,4,8-9,11-14H2,1H3. The summed E-state index contributed by atoms with van der Waals surface area (Å²) in [5, 5.41) is 5.54. The molecule has 0 saturated carbocycles. The lowest BCUT2D eigenvalue weighted by Crippen LogP contribution is -2.37. The van der Waals surface area contributed by atoms with Crippen LogP contribution in [0, 0.1) is 6.92 Å². The second kappa shape index (κ2) is 8.37. The van der Waals surface area contributed by atoms with E-state index in [4.69, 9.17) is 16.3 Å². The molecule has 3 aromatic heterocycles. The minimum absolute atomic E-state index is 0.100. The van der Waals surface area contributed by atoms with Crippen LogP contribution >= 0.6 is 11.6 Å². The summed E-state index contributed by atoms with van der Waals surface area (Å²) in [6.45, 7) is 6.80. The third-order valence-electron chi connectivity index (χ3n) is 5.61. The number of pyridine rings is 1. The number of morpholine rings is 1. The molecule has 31 heavy (non-hydrogen) atoms. The van der Waals surface area contributed by atoms with Crippen LogP contribution in [0.25, 0.3) is 27.9 Å². The summed E-state index contributed by atoms with van der Waals surface area (Å²) in [5.41, 5.74) is 1.84. The number of rotatable bonds is 5. The predicted octanol–water partition coefficient (Wildman–Crippen LogP) is 2.79. The maximum absolute atomic E-state index is 13.6. The maximum atomic E-state index is 13.6. The van der Waals surface area contributed by atoms with Crippen molar-refractivity contribution < 1.29 is 4.74 Å². The van der Waals surface area contributed by atoms with Crippen LogP contribution in [0.5, 0.6) is 0 Å². The van der Waals surface area contributed by atoms with Gasteiger partial charge in [0.05, 0.1) is 29.8 Å². The Morgan fingerprint density at radius 3 is 2.71 bits per heavy atom. The molecule has 9 heteroatoms. The number of benzene rings is 1.